The smallest absolute Gasteiger partial charge is 0.261 e. The van der Waals surface area contributed by atoms with Crippen LogP contribution in [0.2, 0.25) is 0 Å². The van der Waals surface area contributed by atoms with Crippen LogP contribution in [0.1, 0.15) is 5.56 Å². The number of thiazole rings is 1. The van der Waals surface area contributed by atoms with Gasteiger partial charge in [0.25, 0.3) is 5.56 Å². The molecule has 0 saturated carbocycles. The molecule has 4 aromatic rings. The summed E-state index contributed by atoms with van der Waals surface area (Å²) in [6.45, 7) is 0.730. The minimum absolute atomic E-state index is 0.0154. The Labute approximate surface area is 182 Å². The van der Waals surface area contributed by atoms with Crippen LogP contribution >= 0.6 is 11.3 Å². The van der Waals surface area contributed by atoms with Crippen LogP contribution in [0.15, 0.2) is 47.0 Å². The molecule has 10 heteroatoms. The van der Waals surface area contributed by atoms with Crippen molar-refractivity contribution < 1.29 is 14.6 Å². The summed E-state index contributed by atoms with van der Waals surface area (Å²) in [6.07, 6.45) is 3.09. The number of pyridine rings is 1. The van der Waals surface area contributed by atoms with Crippen LogP contribution in [0, 0.1) is 0 Å². The molecule has 0 aliphatic heterocycles. The summed E-state index contributed by atoms with van der Waals surface area (Å²) in [5.41, 5.74) is 2.30. The zero-order valence-electron chi connectivity index (χ0n) is 17.0. The predicted molar refractivity (Wildman–Crippen MR) is 119 cm³/mol. The van der Waals surface area contributed by atoms with E-state index < -0.39 is 0 Å². The molecule has 0 saturated heterocycles. The Hall–Kier alpha value is -3.50. The second kappa shape index (κ2) is 9.11. The monoisotopic (exact) mass is 439 g/mol. The minimum atomic E-state index is -0.180. The van der Waals surface area contributed by atoms with Gasteiger partial charge >= 0.3 is 0 Å². The van der Waals surface area contributed by atoms with Gasteiger partial charge in [0.15, 0.2) is 5.13 Å². The molecule has 0 aliphatic carbocycles. The van der Waals surface area contributed by atoms with E-state index in [0.717, 1.165) is 5.56 Å². The maximum absolute atomic E-state index is 13.2. The standard InChI is InChI=1S/C21H21N5O4S/c1-29-14-4-3-13(17(9-14)30-2)10-26-12-24-18-15(20(26)28)5-6-22-19(18)16-11-31-21(25-16)23-7-8-27/h3-6,9,11-12,27H,7-8,10H2,1-2H3,(H,23,25). The highest BCUT2D eigenvalue weighted by Crippen LogP contribution is 2.28. The van der Waals surface area contributed by atoms with Crippen LogP contribution < -0.4 is 20.3 Å². The topological polar surface area (TPSA) is 111 Å². The number of nitrogens with zero attached hydrogens (tertiary/aromatic N) is 4. The molecule has 4 rings (SSSR count). The van der Waals surface area contributed by atoms with E-state index in [-0.39, 0.29) is 12.2 Å². The Kier molecular flexibility index (Phi) is 6.10. The Balaban J connectivity index is 1.71. The van der Waals surface area contributed by atoms with Gasteiger partial charge in [0.05, 0.1) is 39.1 Å². The fraction of sp³-hybridized carbons (Fsp3) is 0.238. The number of ether oxygens (including phenoxy) is 2. The predicted octanol–water partition coefficient (Wildman–Crippen LogP) is 2.38. The SMILES string of the molecule is COc1ccc(Cn2cnc3c(-c4csc(NCCO)n4)nccc3c2=O)c(OC)c1. The first-order chi connectivity index (χ1) is 15.1. The number of hydrogen-bond donors (Lipinski definition) is 2. The highest BCUT2D eigenvalue weighted by atomic mass is 32.1. The zero-order chi connectivity index (χ0) is 21.8. The second-order valence-electron chi connectivity index (χ2n) is 6.60. The number of aromatic nitrogens is 4. The van der Waals surface area contributed by atoms with Crippen molar-refractivity contribution in [2.45, 2.75) is 6.54 Å². The first-order valence-corrected chi connectivity index (χ1v) is 10.4. The lowest BCUT2D eigenvalue weighted by molar-refractivity contribution is 0.311. The largest absolute Gasteiger partial charge is 0.497 e. The fourth-order valence-electron chi connectivity index (χ4n) is 3.18. The molecule has 0 unspecified atom stereocenters. The van der Waals surface area contributed by atoms with Crippen molar-refractivity contribution in [2.75, 3.05) is 32.7 Å². The average Bonchev–Trinajstić information content (AvgIpc) is 3.28. The lowest BCUT2D eigenvalue weighted by atomic mass is 10.1. The Bertz CT molecular complexity index is 1270. The first-order valence-electron chi connectivity index (χ1n) is 9.50. The van der Waals surface area contributed by atoms with E-state index in [0.29, 0.717) is 52.0 Å². The number of anilines is 1. The summed E-state index contributed by atoms with van der Waals surface area (Å²) in [7, 11) is 3.17. The van der Waals surface area contributed by atoms with Crippen LogP contribution in [-0.4, -0.2) is 52.0 Å². The van der Waals surface area contributed by atoms with Crippen molar-refractivity contribution in [3.63, 3.8) is 0 Å². The summed E-state index contributed by atoms with van der Waals surface area (Å²) >= 11 is 1.40. The maximum atomic E-state index is 13.2. The van der Waals surface area contributed by atoms with Crippen molar-refractivity contribution in [1.29, 1.82) is 0 Å². The summed E-state index contributed by atoms with van der Waals surface area (Å²) in [6, 6.07) is 7.13. The number of aliphatic hydroxyl groups excluding tert-OH is 1. The number of rotatable bonds is 8. The van der Waals surface area contributed by atoms with Crippen molar-refractivity contribution >= 4 is 27.4 Å². The molecular weight excluding hydrogens is 418 g/mol. The van der Waals surface area contributed by atoms with Crippen LogP contribution in [0.3, 0.4) is 0 Å². The van der Waals surface area contributed by atoms with Crippen LogP contribution in [0.25, 0.3) is 22.3 Å². The maximum Gasteiger partial charge on any atom is 0.261 e. The van der Waals surface area contributed by atoms with Gasteiger partial charge in [0.2, 0.25) is 0 Å². The molecule has 0 fully saturated rings. The molecule has 0 radical (unpaired) electrons. The molecule has 1 aromatic carbocycles. The highest BCUT2D eigenvalue weighted by Gasteiger charge is 2.15. The van der Waals surface area contributed by atoms with Gasteiger partial charge in [-0.2, -0.15) is 0 Å². The van der Waals surface area contributed by atoms with Gasteiger partial charge in [-0.25, -0.2) is 9.97 Å². The highest BCUT2D eigenvalue weighted by molar-refractivity contribution is 7.14. The van der Waals surface area contributed by atoms with E-state index in [1.165, 1.54) is 22.2 Å². The molecule has 0 aliphatic rings. The van der Waals surface area contributed by atoms with Gasteiger partial charge < -0.3 is 19.9 Å². The van der Waals surface area contributed by atoms with E-state index >= 15 is 0 Å². The number of hydrogen-bond acceptors (Lipinski definition) is 9. The molecule has 3 heterocycles. The van der Waals surface area contributed by atoms with Gasteiger partial charge in [0.1, 0.15) is 28.4 Å². The molecule has 9 nitrogen and oxygen atoms in total. The number of nitrogens with one attached hydrogen (secondary N) is 1. The van der Waals surface area contributed by atoms with E-state index in [1.54, 1.807) is 32.5 Å². The van der Waals surface area contributed by atoms with Crippen molar-refractivity contribution in [3.8, 4) is 22.9 Å². The lowest BCUT2D eigenvalue weighted by Crippen LogP contribution is -2.21. The Morgan fingerprint density at radius 1 is 1.19 bits per heavy atom. The first kappa shape index (κ1) is 20.8. The third kappa shape index (κ3) is 4.21. The van der Waals surface area contributed by atoms with Crippen LogP contribution in [0.5, 0.6) is 11.5 Å². The van der Waals surface area contributed by atoms with Crippen molar-refractivity contribution in [3.05, 3.63) is 58.1 Å². The molecule has 31 heavy (non-hydrogen) atoms. The van der Waals surface area contributed by atoms with Gasteiger partial charge in [0, 0.05) is 29.8 Å². The number of methoxy groups -OCH3 is 2. The molecule has 0 atom stereocenters. The quantitative estimate of drug-likeness (QED) is 0.431. The van der Waals surface area contributed by atoms with Gasteiger partial charge in [-0.05, 0) is 18.2 Å². The molecule has 3 aromatic heterocycles. The average molecular weight is 439 g/mol. The summed E-state index contributed by atoms with van der Waals surface area (Å²) < 4.78 is 12.2. The number of benzene rings is 1. The van der Waals surface area contributed by atoms with E-state index in [1.807, 2.05) is 17.5 Å². The summed E-state index contributed by atoms with van der Waals surface area (Å²) in [5.74, 6) is 1.31. The van der Waals surface area contributed by atoms with Gasteiger partial charge in [-0.1, -0.05) is 0 Å². The summed E-state index contributed by atoms with van der Waals surface area (Å²) in [5, 5.41) is 14.9. The Morgan fingerprint density at radius 2 is 2.06 bits per heavy atom. The van der Waals surface area contributed by atoms with E-state index in [2.05, 4.69) is 20.3 Å². The molecule has 2 N–H and O–H groups in total. The van der Waals surface area contributed by atoms with Gasteiger partial charge in [-0.3, -0.25) is 14.3 Å². The second-order valence-corrected chi connectivity index (χ2v) is 7.46. The zero-order valence-corrected chi connectivity index (χ0v) is 17.8. The molecule has 0 spiro atoms. The fourth-order valence-corrected chi connectivity index (χ4v) is 3.91. The van der Waals surface area contributed by atoms with Crippen molar-refractivity contribution in [1.82, 2.24) is 19.5 Å². The van der Waals surface area contributed by atoms with Crippen LogP contribution in [0.4, 0.5) is 5.13 Å². The van der Waals surface area contributed by atoms with Crippen molar-refractivity contribution in [2.24, 2.45) is 0 Å². The normalized spacial score (nSPS) is 10.9. The lowest BCUT2D eigenvalue weighted by Gasteiger charge is -2.12. The Morgan fingerprint density at radius 3 is 2.84 bits per heavy atom. The minimum Gasteiger partial charge on any atom is -0.497 e. The van der Waals surface area contributed by atoms with E-state index in [4.69, 9.17) is 14.6 Å². The van der Waals surface area contributed by atoms with Crippen LogP contribution in [-0.2, 0) is 6.54 Å². The third-order valence-corrected chi connectivity index (χ3v) is 5.51. The summed E-state index contributed by atoms with van der Waals surface area (Å²) in [4.78, 5) is 26.5. The number of aliphatic hydroxyl groups is 1. The van der Waals surface area contributed by atoms with Gasteiger partial charge in [-0.15, -0.1) is 11.3 Å². The molecule has 0 bridgehead atoms. The molecular formula is C21H21N5O4S. The van der Waals surface area contributed by atoms with E-state index in [9.17, 15) is 4.79 Å². The molecule has 0 amide bonds. The number of fused-ring (bicyclic) bond motifs is 1. The molecule has 160 valence electrons. The third-order valence-electron chi connectivity index (χ3n) is 4.71.